The first kappa shape index (κ1) is 15.1. The summed E-state index contributed by atoms with van der Waals surface area (Å²) >= 11 is 0. The number of guanidine groups is 1. The number of aromatic nitrogens is 1. The number of nitrogens with two attached hydrogens (primary N) is 1. The fraction of sp³-hybridized carbons (Fsp3) is 0.333. The highest BCUT2D eigenvalue weighted by Crippen LogP contribution is 2.19. The molecule has 6 heteroatoms. The van der Waals surface area contributed by atoms with Crippen LogP contribution in [0.1, 0.15) is 12.8 Å². The van der Waals surface area contributed by atoms with E-state index in [-0.39, 0.29) is 6.04 Å². The van der Waals surface area contributed by atoms with E-state index in [4.69, 9.17) is 14.9 Å². The Morgan fingerprint density at radius 1 is 1.43 bits per heavy atom. The van der Waals surface area contributed by atoms with Crippen LogP contribution in [0.15, 0.2) is 45.9 Å². The molecule has 2 aromatic rings. The van der Waals surface area contributed by atoms with E-state index in [0.717, 1.165) is 11.3 Å². The van der Waals surface area contributed by atoms with Crippen molar-refractivity contribution in [3.05, 3.63) is 42.4 Å². The van der Waals surface area contributed by atoms with Crippen molar-refractivity contribution in [1.82, 2.24) is 10.3 Å². The summed E-state index contributed by atoms with van der Waals surface area (Å²) in [6.07, 6.45) is 1.69. The Balaban J connectivity index is 1.94. The molecule has 3 N–H and O–H groups in total. The number of oxazole rings is 1. The monoisotopic (exact) mass is 288 g/mol. The number of benzene rings is 1. The van der Waals surface area contributed by atoms with E-state index in [2.05, 4.69) is 15.3 Å². The smallest absolute Gasteiger partial charge is 0.216 e. The molecule has 0 radical (unpaired) electrons. The summed E-state index contributed by atoms with van der Waals surface area (Å²) in [5.74, 6) is 1.59. The van der Waals surface area contributed by atoms with Crippen molar-refractivity contribution in [1.29, 1.82) is 0 Å². The molecule has 6 nitrogen and oxygen atoms in total. The van der Waals surface area contributed by atoms with Crippen molar-refractivity contribution < 1.29 is 9.15 Å². The lowest BCUT2D eigenvalue weighted by Crippen LogP contribution is -2.40. The van der Waals surface area contributed by atoms with E-state index in [1.54, 1.807) is 13.3 Å². The van der Waals surface area contributed by atoms with Crippen LogP contribution < -0.4 is 11.1 Å². The van der Waals surface area contributed by atoms with Gasteiger partial charge < -0.3 is 20.2 Å². The van der Waals surface area contributed by atoms with Gasteiger partial charge in [-0.25, -0.2) is 9.98 Å². The second-order valence-electron chi connectivity index (χ2n) is 4.69. The molecule has 1 aromatic carbocycles. The highest BCUT2D eigenvalue weighted by atomic mass is 16.5. The van der Waals surface area contributed by atoms with E-state index in [1.807, 2.05) is 37.3 Å². The number of rotatable bonds is 6. The molecule has 0 saturated heterocycles. The molecule has 0 saturated carbocycles. The maximum absolute atomic E-state index is 5.78. The van der Waals surface area contributed by atoms with Gasteiger partial charge in [0.1, 0.15) is 6.54 Å². The van der Waals surface area contributed by atoms with Gasteiger partial charge in [0.2, 0.25) is 5.89 Å². The average molecular weight is 288 g/mol. The highest BCUT2D eigenvalue weighted by molar-refractivity contribution is 5.78. The van der Waals surface area contributed by atoms with Crippen molar-refractivity contribution in [2.24, 2.45) is 10.7 Å². The van der Waals surface area contributed by atoms with Gasteiger partial charge in [0.25, 0.3) is 0 Å². The first-order valence-corrected chi connectivity index (χ1v) is 6.74. The third-order valence-electron chi connectivity index (χ3n) is 2.81. The van der Waals surface area contributed by atoms with E-state index in [9.17, 15) is 0 Å². The Morgan fingerprint density at radius 3 is 2.90 bits per heavy atom. The fourth-order valence-electron chi connectivity index (χ4n) is 1.86. The quantitative estimate of drug-likeness (QED) is 0.625. The number of nitrogens with zero attached hydrogens (tertiary/aromatic N) is 2. The molecule has 1 unspecified atom stereocenters. The Bertz CT molecular complexity index is 580. The van der Waals surface area contributed by atoms with Crippen LogP contribution in [0.5, 0.6) is 0 Å². The summed E-state index contributed by atoms with van der Waals surface area (Å²) in [4.78, 5) is 8.39. The lowest BCUT2D eigenvalue weighted by molar-refractivity contribution is 0.179. The number of ether oxygens (including phenoxy) is 1. The van der Waals surface area contributed by atoms with Crippen LogP contribution in [0, 0.1) is 0 Å². The van der Waals surface area contributed by atoms with Gasteiger partial charge in [0.05, 0.1) is 12.8 Å². The Morgan fingerprint density at radius 2 is 2.19 bits per heavy atom. The first-order valence-electron chi connectivity index (χ1n) is 6.74. The van der Waals surface area contributed by atoms with Gasteiger partial charge in [0, 0.05) is 18.7 Å². The van der Waals surface area contributed by atoms with Crippen LogP contribution in [-0.2, 0) is 11.3 Å². The summed E-state index contributed by atoms with van der Waals surface area (Å²) in [7, 11) is 1.64. The minimum absolute atomic E-state index is 0.100. The van der Waals surface area contributed by atoms with Gasteiger partial charge in [-0.1, -0.05) is 30.3 Å². The van der Waals surface area contributed by atoms with Gasteiger partial charge >= 0.3 is 0 Å². The predicted molar refractivity (Wildman–Crippen MR) is 81.7 cm³/mol. The zero-order chi connectivity index (χ0) is 15.1. The largest absolute Gasteiger partial charge is 0.439 e. The second-order valence-corrected chi connectivity index (χ2v) is 4.69. The number of hydrogen-bond acceptors (Lipinski definition) is 4. The van der Waals surface area contributed by atoms with Gasteiger partial charge in [-0.2, -0.15) is 0 Å². The summed E-state index contributed by atoms with van der Waals surface area (Å²) in [6.45, 7) is 2.82. The lowest BCUT2D eigenvalue weighted by Gasteiger charge is -2.12. The lowest BCUT2D eigenvalue weighted by atomic mass is 10.2. The number of aliphatic imine (C=N–C) groups is 1. The molecule has 0 fully saturated rings. The summed E-state index contributed by atoms with van der Waals surface area (Å²) in [6, 6.07) is 9.90. The normalized spacial score (nSPS) is 13.1. The molecule has 0 aliphatic rings. The maximum atomic E-state index is 5.78. The third kappa shape index (κ3) is 4.61. The van der Waals surface area contributed by atoms with Crippen LogP contribution in [0.2, 0.25) is 0 Å². The maximum Gasteiger partial charge on any atom is 0.216 e. The molecule has 0 aliphatic carbocycles. The Hall–Kier alpha value is -2.34. The van der Waals surface area contributed by atoms with Crippen molar-refractivity contribution in [3.63, 3.8) is 0 Å². The first-order chi connectivity index (χ1) is 10.2. The Kier molecular flexibility index (Phi) is 5.34. The molecule has 2 rings (SSSR count). The van der Waals surface area contributed by atoms with Crippen LogP contribution in [-0.4, -0.2) is 30.7 Å². The van der Waals surface area contributed by atoms with Gasteiger partial charge in [-0.05, 0) is 6.92 Å². The van der Waals surface area contributed by atoms with Crippen LogP contribution in [0.3, 0.4) is 0 Å². The number of methoxy groups -OCH3 is 1. The molecular weight excluding hydrogens is 268 g/mol. The Labute approximate surface area is 124 Å². The minimum Gasteiger partial charge on any atom is -0.439 e. The van der Waals surface area contributed by atoms with Crippen molar-refractivity contribution in [3.8, 4) is 11.3 Å². The average Bonchev–Trinajstić information content (AvgIpc) is 2.95. The molecular formula is C15H20N4O2. The molecule has 1 atom stereocenters. The van der Waals surface area contributed by atoms with Crippen LogP contribution in [0.4, 0.5) is 0 Å². The van der Waals surface area contributed by atoms with Crippen molar-refractivity contribution in [2.45, 2.75) is 19.5 Å². The molecule has 112 valence electrons. The zero-order valence-electron chi connectivity index (χ0n) is 12.2. The molecule has 21 heavy (non-hydrogen) atoms. The van der Waals surface area contributed by atoms with Crippen molar-refractivity contribution in [2.75, 3.05) is 13.7 Å². The van der Waals surface area contributed by atoms with Gasteiger partial charge in [-0.15, -0.1) is 0 Å². The topological polar surface area (TPSA) is 85.7 Å². The number of hydrogen-bond donors (Lipinski definition) is 2. The molecule has 1 heterocycles. The molecule has 0 bridgehead atoms. The third-order valence-corrected chi connectivity index (χ3v) is 2.81. The van der Waals surface area contributed by atoms with Crippen LogP contribution in [0.25, 0.3) is 11.3 Å². The van der Waals surface area contributed by atoms with Gasteiger partial charge in [0.15, 0.2) is 11.7 Å². The molecule has 1 aromatic heterocycles. The standard InChI is InChI=1S/C15H20N4O2/c1-11(10-20-2)19-15(16)18-9-14-17-8-13(21-14)12-6-4-3-5-7-12/h3-8,11H,9-10H2,1-2H3,(H3,16,18,19). The zero-order valence-corrected chi connectivity index (χ0v) is 12.2. The predicted octanol–water partition coefficient (Wildman–Crippen LogP) is 1.78. The molecule has 0 aliphatic heterocycles. The molecule has 0 amide bonds. The van der Waals surface area contributed by atoms with Crippen LogP contribution >= 0.6 is 0 Å². The summed E-state index contributed by atoms with van der Waals surface area (Å²) in [5.41, 5.74) is 6.77. The number of nitrogens with one attached hydrogen (secondary N) is 1. The summed E-state index contributed by atoms with van der Waals surface area (Å²) < 4.78 is 10.7. The van der Waals surface area contributed by atoms with E-state index in [1.165, 1.54) is 0 Å². The van der Waals surface area contributed by atoms with E-state index >= 15 is 0 Å². The van der Waals surface area contributed by atoms with E-state index in [0.29, 0.717) is 25.0 Å². The fourth-order valence-corrected chi connectivity index (χ4v) is 1.86. The van der Waals surface area contributed by atoms with E-state index < -0.39 is 0 Å². The van der Waals surface area contributed by atoms with Crippen molar-refractivity contribution >= 4 is 5.96 Å². The summed E-state index contributed by atoms with van der Waals surface area (Å²) in [5, 5.41) is 3.02. The highest BCUT2D eigenvalue weighted by Gasteiger charge is 2.06. The SMILES string of the molecule is COCC(C)NC(N)=NCc1ncc(-c2ccccc2)o1. The second kappa shape index (κ2) is 7.44. The van der Waals surface area contributed by atoms with Gasteiger partial charge in [-0.3, -0.25) is 0 Å². The minimum atomic E-state index is 0.100. The molecule has 0 spiro atoms.